The number of hydrogen-bond donors (Lipinski definition) is 0. The van der Waals surface area contributed by atoms with Gasteiger partial charge in [-0.1, -0.05) is 39.7 Å². The lowest BCUT2D eigenvalue weighted by atomic mass is 10.1. The molecule has 0 N–H and O–H groups in total. The van der Waals surface area contributed by atoms with E-state index in [-0.39, 0.29) is 0 Å². The Hall–Kier alpha value is -2.11. The lowest BCUT2D eigenvalue weighted by molar-refractivity contribution is 0.0518. The molecule has 128 valence electrons. The molecule has 6 heteroatoms. The zero-order chi connectivity index (χ0) is 18.0. The topological polar surface area (TPSA) is 44.1 Å². The van der Waals surface area contributed by atoms with Gasteiger partial charge in [-0.3, -0.25) is 0 Å². The van der Waals surface area contributed by atoms with Gasteiger partial charge in [-0.05, 0) is 50.2 Å². The normalized spacial score (nSPS) is 10.7. The molecule has 0 fully saturated rings. The first-order valence-corrected chi connectivity index (χ1v) is 8.97. The average molecular weight is 420 g/mol. The van der Waals surface area contributed by atoms with Crippen molar-refractivity contribution in [3.05, 3.63) is 69.3 Å². The number of carbonyl (C=O) groups excluding carboxylic acids is 1. The predicted octanol–water partition coefficient (Wildman–Crippen LogP) is 5.44. The van der Waals surface area contributed by atoms with E-state index in [1.165, 1.54) is 0 Å². The molecular weight excluding hydrogens is 404 g/mol. The number of rotatable bonds is 4. The lowest BCUT2D eigenvalue weighted by Crippen LogP contribution is -2.07. The van der Waals surface area contributed by atoms with Crippen molar-refractivity contribution >= 4 is 33.5 Å². The van der Waals surface area contributed by atoms with Crippen LogP contribution in [0.3, 0.4) is 0 Å². The molecule has 0 aliphatic heterocycles. The molecule has 3 aromatic rings. The molecule has 25 heavy (non-hydrogen) atoms. The first-order valence-electron chi connectivity index (χ1n) is 7.80. The quantitative estimate of drug-likeness (QED) is 0.529. The zero-order valence-corrected chi connectivity index (χ0v) is 16.1. The third-order valence-electron chi connectivity index (χ3n) is 3.78. The standard InChI is InChI=1S/C19H16BrClN2O2/c1-3-25-19(24)17-12(2)18(13-4-8-15(21)9-5-13)23(22-17)16-10-6-14(20)7-11-16/h4-11H,3H2,1-2H3. The van der Waals surface area contributed by atoms with E-state index in [0.29, 0.717) is 17.3 Å². The molecule has 1 aromatic heterocycles. The number of hydrogen-bond acceptors (Lipinski definition) is 3. The van der Waals surface area contributed by atoms with Crippen LogP contribution in [0.15, 0.2) is 53.0 Å². The largest absolute Gasteiger partial charge is 0.461 e. The first-order chi connectivity index (χ1) is 12.0. The summed E-state index contributed by atoms with van der Waals surface area (Å²) in [6.07, 6.45) is 0. The summed E-state index contributed by atoms with van der Waals surface area (Å²) in [7, 11) is 0. The fraction of sp³-hybridized carbons (Fsp3) is 0.158. The van der Waals surface area contributed by atoms with Gasteiger partial charge < -0.3 is 4.74 Å². The summed E-state index contributed by atoms with van der Waals surface area (Å²) in [5, 5.41) is 5.18. The highest BCUT2D eigenvalue weighted by molar-refractivity contribution is 9.10. The Morgan fingerprint density at radius 2 is 1.80 bits per heavy atom. The number of esters is 1. The summed E-state index contributed by atoms with van der Waals surface area (Å²) in [5.74, 6) is -0.425. The average Bonchev–Trinajstić information content (AvgIpc) is 2.94. The monoisotopic (exact) mass is 418 g/mol. The summed E-state index contributed by atoms with van der Waals surface area (Å²) in [4.78, 5) is 12.3. The van der Waals surface area contributed by atoms with Crippen LogP contribution in [0.1, 0.15) is 23.0 Å². The van der Waals surface area contributed by atoms with E-state index in [2.05, 4.69) is 21.0 Å². The molecule has 0 bridgehead atoms. The fourth-order valence-corrected chi connectivity index (χ4v) is 3.00. The predicted molar refractivity (Wildman–Crippen MR) is 102 cm³/mol. The van der Waals surface area contributed by atoms with Crippen molar-refractivity contribution in [2.75, 3.05) is 6.61 Å². The number of benzene rings is 2. The molecule has 0 atom stereocenters. The van der Waals surface area contributed by atoms with Crippen LogP contribution in [-0.2, 0) is 4.74 Å². The molecule has 0 saturated heterocycles. The van der Waals surface area contributed by atoms with Crippen LogP contribution in [0.4, 0.5) is 0 Å². The fourth-order valence-electron chi connectivity index (χ4n) is 2.61. The molecule has 0 aliphatic rings. The minimum atomic E-state index is -0.425. The van der Waals surface area contributed by atoms with E-state index >= 15 is 0 Å². The Bertz CT molecular complexity index is 902. The van der Waals surface area contributed by atoms with Crippen LogP contribution in [0.2, 0.25) is 5.02 Å². The smallest absolute Gasteiger partial charge is 0.359 e. The Morgan fingerprint density at radius 3 is 2.40 bits per heavy atom. The molecular formula is C19H16BrClN2O2. The van der Waals surface area contributed by atoms with Crippen LogP contribution >= 0.6 is 27.5 Å². The van der Waals surface area contributed by atoms with Gasteiger partial charge in [-0.25, -0.2) is 9.48 Å². The second kappa shape index (κ2) is 7.42. The zero-order valence-electron chi connectivity index (χ0n) is 13.8. The van der Waals surface area contributed by atoms with Crippen LogP contribution in [-0.4, -0.2) is 22.4 Å². The van der Waals surface area contributed by atoms with E-state index in [1.54, 1.807) is 11.6 Å². The summed E-state index contributed by atoms with van der Waals surface area (Å²) in [6.45, 7) is 3.96. The van der Waals surface area contributed by atoms with E-state index < -0.39 is 5.97 Å². The van der Waals surface area contributed by atoms with Crippen LogP contribution in [0, 0.1) is 6.92 Å². The molecule has 0 radical (unpaired) electrons. The highest BCUT2D eigenvalue weighted by Crippen LogP contribution is 2.30. The maximum absolute atomic E-state index is 12.3. The van der Waals surface area contributed by atoms with Gasteiger partial charge in [0.25, 0.3) is 0 Å². The minimum absolute atomic E-state index is 0.305. The molecule has 4 nitrogen and oxygen atoms in total. The van der Waals surface area contributed by atoms with Gasteiger partial charge in [-0.2, -0.15) is 5.10 Å². The lowest BCUT2D eigenvalue weighted by Gasteiger charge is -2.09. The van der Waals surface area contributed by atoms with E-state index in [0.717, 1.165) is 27.0 Å². The molecule has 3 rings (SSSR count). The molecule has 2 aromatic carbocycles. The number of ether oxygens (including phenoxy) is 1. The summed E-state index contributed by atoms with van der Waals surface area (Å²) >= 11 is 9.44. The van der Waals surface area contributed by atoms with Crippen LogP contribution in [0.25, 0.3) is 16.9 Å². The van der Waals surface area contributed by atoms with Gasteiger partial charge in [-0.15, -0.1) is 0 Å². The molecule has 0 saturated carbocycles. The number of halogens is 2. The highest BCUT2D eigenvalue weighted by atomic mass is 79.9. The van der Waals surface area contributed by atoms with E-state index in [4.69, 9.17) is 16.3 Å². The maximum Gasteiger partial charge on any atom is 0.359 e. The SMILES string of the molecule is CCOC(=O)c1nn(-c2ccc(Br)cc2)c(-c2ccc(Cl)cc2)c1C. The van der Waals surface area contributed by atoms with Gasteiger partial charge in [0.1, 0.15) is 0 Å². The Balaban J connectivity index is 2.21. The molecule has 0 spiro atoms. The summed E-state index contributed by atoms with van der Waals surface area (Å²) in [6, 6.07) is 15.2. The molecule has 0 amide bonds. The van der Waals surface area contributed by atoms with Crippen molar-refractivity contribution in [1.29, 1.82) is 0 Å². The van der Waals surface area contributed by atoms with Crippen LogP contribution < -0.4 is 0 Å². The van der Waals surface area contributed by atoms with Crippen molar-refractivity contribution in [3.8, 4) is 16.9 Å². The third kappa shape index (κ3) is 3.62. The number of nitrogens with zero attached hydrogens (tertiary/aromatic N) is 2. The summed E-state index contributed by atoms with van der Waals surface area (Å²) in [5.41, 5.74) is 3.69. The van der Waals surface area contributed by atoms with Crippen LogP contribution in [0.5, 0.6) is 0 Å². The van der Waals surface area contributed by atoms with E-state index in [1.807, 2.05) is 55.5 Å². The molecule has 0 unspecified atom stereocenters. The van der Waals surface area contributed by atoms with Gasteiger partial charge in [0.05, 0.1) is 18.0 Å². The first kappa shape index (κ1) is 17.7. The van der Waals surface area contributed by atoms with Gasteiger partial charge in [0, 0.05) is 20.6 Å². The Labute approximate surface area is 159 Å². The second-order valence-electron chi connectivity index (χ2n) is 5.44. The van der Waals surface area contributed by atoms with Crippen molar-refractivity contribution < 1.29 is 9.53 Å². The van der Waals surface area contributed by atoms with Crippen molar-refractivity contribution in [1.82, 2.24) is 9.78 Å². The number of carbonyl (C=O) groups is 1. The van der Waals surface area contributed by atoms with Gasteiger partial charge in [0.15, 0.2) is 5.69 Å². The molecule has 1 heterocycles. The second-order valence-corrected chi connectivity index (χ2v) is 6.79. The molecule has 0 aliphatic carbocycles. The third-order valence-corrected chi connectivity index (χ3v) is 4.56. The maximum atomic E-state index is 12.3. The highest BCUT2D eigenvalue weighted by Gasteiger charge is 2.22. The number of aromatic nitrogens is 2. The summed E-state index contributed by atoms with van der Waals surface area (Å²) < 4.78 is 7.88. The van der Waals surface area contributed by atoms with Crippen molar-refractivity contribution in [3.63, 3.8) is 0 Å². The Morgan fingerprint density at radius 1 is 1.16 bits per heavy atom. The van der Waals surface area contributed by atoms with Crippen molar-refractivity contribution in [2.45, 2.75) is 13.8 Å². The van der Waals surface area contributed by atoms with Gasteiger partial charge in [0.2, 0.25) is 0 Å². The Kier molecular flexibility index (Phi) is 5.25. The van der Waals surface area contributed by atoms with E-state index in [9.17, 15) is 4.79 Å². The van der Waals surface area contributed by atoms with Crippen molar-refractivity contribution in [2.24, 2.45) is 0 Å². The minimum Gasteiger partial charge on any atom is -0.461 e. The van der Waals surface area contributed by atoms with Gasteiger partial charge >= 0.3 is 5.97 Å².